The van der Waals surface area contributed by atoms with E-state index in [1.165, 1.54) is 6.42 Å². The molecule has 0 aromatic rings. The van der Waals surface area contributed by atoms with Crippen LogP contribution in [0, 0.1) is 5.41 Å². The lowest BCUT2D eigenvalue weighted by Gasteiger charge is -2.38. The Morgan fingerprint density at radius 3 is 2.56 bits per heavy atom. The van der Waals surface area contributed by atoms with Gasteiger partial charge in [0.15, 0.2) is 0 Å². The summed E-state index contributed by atoms with van der Waals surface area (Å²) in [5.74, 6) is -0.261. The van der Waals surface area contributed by atoms with E-state index in [4.69, 9.17) is 5.11 Å². The molecule has 0 aromatic heterocycles. The summed E-state index contributed by atoms with van der Waals surface area (Å²) < 4.78 is 0. The first-order valence-electron chi connectivity index (χ1n) is 6.23. The number of hydrogen-bond acceptors (Lipinski definition) is 3. The van der Waals surface area contributed by atoms with Gasteiger partial charge in [0.05, 0.1) is 0 Å². The fourth-order valence-corrected chi connectivity index (χ4v) is 2.42. The molecule has 2 amide bonds. The van der Waals surface area contributed by atoms with Crippen molar-refractivity contribution in [2.24, 2.45) is 5.41 Å². The van der Waals surface area contributed by atoms with E-state index in [1.807, 2.05) is 6.26 Å². The molecule has 1 aliphatic rings. The van der Waals surface area contributed by atoms with Gasteiger partial charge in [-0.1, -0.05) is 13.3 Å². The second-order valence-electron chi connectivity index (χ2n) is 5.16. The Labute approximate surface area is 112 Å². The minimum atomic E-state index is -0.978. The van der Waals surface area contributed by atoms with Gasteiger partial charge in [0.25, 0.3) is 0 Å². The van der Waals surface area contributed by atoms with E-state index >= 15 is 0 Å². The van der Waals surface area contributed by atoms with E-state index in [-0.39, 0.29) is 11.4 Å². The molecule has 0 radical (unpaired) electrons. The first-order chi connectivity index (χ1) is 8.47. The van der Waals surface area contributed by atoms with Crippen LogP contribution in [0.15, 0.2) is 0 Å². The number of amides is 2. The van der Waals surface area contributed by atoms with Crippen molar-refractivity contribution in [1.82, 2.24) is 10.6 Å². The number of thioether (sulfide) groups is 1. The standard InChI is InChI=1S/C12H22N2O3S/c1-12(5-3-6-12)8-13-11(17)14-9(10(15)16)4-7-18-2/h9H,3-8H2,1-2H3,(H,15,16)(H2,13,14,17). The van der Waals surface area contributed by atoms with E-state index in [0.717, 1.165) is 18.6 Å². The monoisotopic (exact) mass is 274 g/mol. The van der Waals surface area contributed by atoms with Crippen LogP contribution in [-0.2, 0) is 4.79 Å². The van der Waals surface area contributed by atoms with Crippen LogP contribution in [0.25, 0.3) is 0 Å². The lowest BCUT2D eigenvalue weighted by Crippen LogP contribution is -2.49. The van der Waals surface area contributed by atoms with Crippen LogP contribution in [0.3, 0.4) is 0 Å². The summed E-state index contributed by atoms with van der Waals surface area (Å²) in [7, 11) is 0. The number of carbonyl (C=O) groups excluding carboxylic acids is 1. The highest BCUT2D eigenvalue weighted by molar-refractivity contribution is 7.98. The molecular formula is C12H22N2O3S. The van der Waals surface area contributed by atoms with Gasteiger partial charge in [-0.05, 0) is 36.7 Å². The van der Waals surface area contributed by atoms with Gasteiger partial charge in [-0.2, -0.15) is 11.8 Å². The van der Waals surface area contributed by atoms with Gasteiger partial charge in [0, 0.05) is 6.54 Å². The van der Waals surface area contributed by atoms with Crippen LogP contribution in [0.1, 0.15) is 32.6 Å². The highest BCUT2D eigenvalue weighted by atomic mass is 32.2. The molecule has 1 atom stereocenters. The summed E-state index contributed by atoms with van der Waals surface area (Å²) in [6.45, 7) is 2.76. The smallest absolute Gasteiger partial charge is 0.326 e. The molecule has 0 aromatic carbocycles. The zero-order chi connectivity index (χ0) is 13.6. The summed E-state index contributed by atoms with van der Waals surface area (Å²) in [5.41, 5.74) is 0.204. The molecule has 0 bridgehead atoms. The minimum absolute atomic E-state index is 0.204. The number of carboxylic acid groups (broad SMARTS) is 1. The number of nitrogens with one attached hydrogen (secondary N) is 2. The SMILES string of the molecule is CSCCC(NC(=O)NCC1(C)CCC1)C(=O)O. The van der Waals surface area contributed by atoms with Gasteiger partial charge in [-0.15, -0.1) is 0 Å². The molecule has 1 aliphatic carbocycles. The summed E-state index contributed by atoms with van der Waals surface area (Å²) in [6.07, 6.45) is 5.83. The Balaban J connectivity index is 2.29. The molecule has 1 unspecified atom stereocenters. The summed E-state index contributed by atoms with van der Waals surface area (Å²) in [6, 6.07) is -1.18. The maximum Gasteiger partial charge on any atom is 0.326 e. The van der Waals surface area contributed by atoms with E-state index in [2.05, 4.69) is 17.6 Å². The van der Waals surface area contributed by atoms with Gasteiger partial charge in [-0.3, -0.25) is 0 Å². The van der Waals surface area contributed by atoms with Crippen molar-refractivity contribution in [2.75, 3.05) is 18.6 Å². The highest BCUT2D eigenvalue weighted by Crippen LogP contribution is 2.39. The Bertz CT molecular complexity index is 306. The molecule has 3 N–H and O–H groups in total. The molecule has 0 saturated heterocycles. The van der Waals surface area contributed by atoms with Crippen molar-refractivity contribution < 1.29 is 14.7 Å². The largest absolute Gasteiger partial charge is 0.480 e. The molecule has 0 heterocycles. The molecular weight excluding hydrogens is 252 g/mol. The van der Waals surface area contributed by atoms with Gasteiger partial charge < -0.3 is 15.7 Å². The second-order valence-corrected chi connectivity index (χ2v) is 6.15. The maximum absolute atomic E-state index is 11.6. The molecule has 0 aliphatic heterocycles. The molecule has 0 spiro atoms. The lowest BCUT2D eigenvalue weighted by molar-refractivity contribution is -0.139. The maximum atomic E-state index is 11.6. The van der Waals surface area contributed by atoms with Crippen LogP contribution in [0.4, 0.5) is 4.79 Å². The Morgan fingerprint density at radius 2 is 2.11 bits per heavy atom. The number of urea groups is 1. The summed E-state index contributed by atoms with van der Waals surface area (Å²) in [5, 5.41) is 14.3. The Hall–Kier alpha value is -0.910. The second kappa shape index (κ2) is 6.87. The van der Waals surface area contributed by atoms with Crippen LogP contribution in [-0.4, -0.2) is 41.7 Å². The Kier molecular flexibility index (Phi) is 5.78. The first-order valence-corrected chi connectivity index (χ1v) is 7.62. The number of hydrogen-bond donors (Lipinski definition) is 3. The molecule has 1 saturated carbocycles. The molecule has 5 nitrogen and oxygen atoms in total. The molecule has 104 valence electrons. The van der Waals surface area contributed by atoms with Crippen molar-refractivity contribution >= 4 is 23.8 Å². The minimum Gasteiger partial charge on any atom is -0.480 e. The third-order valence-electron chi connectivity index (χ3n) is 3.45. The predicted molar refractivity (Wildman–Crippen MR) is 72.9 cm³/mol. The predicted octanol–water partition coefficient (Wildman–Crippen LogP) is 1.68. The van der Waals surface area contributed by atoms with Crippen LogP contribution in [0.5, 0.6) is 0 Å². The van der Waals surface area contributed by atoms with Crippen molar-refractivity contribution in [3.05, 3.63) is 0 Å². The number of carboxylic acids is 1. The van der Waals surface area contributed by atoms with E-state index in [1.54, 1.807) is 11.8 Å². The third-order valence-corrected chi connectivity index (χ3v) is 4.09. The Morgan fingerprint density at radius 1 is 1.44 bits per heavy atom. The van der Waals surface area contributed by atoms with Crippen LogP contribution in [0.2, 0.25) is 0 Å². The van der Waals surface area contributed by atoms with E-state index in [9.17, 15) is 9.59 Å². The molecule has 18 heavy (non-hydrogen) atoms. The van der Waals surface area contributed by atoms with E-state index in [0.29, 0.717) is 13.0 Å². The third kappa shape index (κ3) is 4.76. The van der Waals surface area contributed by atoms with Crippen molar-refractivity contribution in [2.45, 2.75) is 38.6 Å². The molecule has 6 heteroatoms. The number of rotatable bonds is 7. The van der Waals surface area contributed by atoms with Gasteiger partial charge in [0.1, 0.15) is 6.04 Å². The van der Waals surface area contributed by atoms with Crippen molar-refractivity contribution in [3.8, 4) is 0 Å². The summed E-state index contributed by atoms with van der Waals surface area (Å²) in [4.78, 5) is 22.6. The normalized spacial score (nSPS) is 18.6. The fourth-order valence-electron chi connectivity index (χ4n) is 1.95. The topological polar surface area (TPSA) is 78.4 Å². The zero-order valence-corrected chi connectivity index (χ0v) is 11.8. The molecule has 1 rings (SSSR count). The fraction of sp³-hybridized carbons (Fsp3) is 0.833. The highest BCUT2D eigenvalue weighted by Gasteiger charge is 2.32. The van der Waals surface area contributed by atoms with Crippen molar-refractivity contribution in [1.29, 1.82) is 0 Å². The number of aliphatic carboxylic acids is 1. The quantitative estimate of drug-likeness (QED) is 0.660. The van der Waals surface area contributed by atoms with Gasteiger partial charge in [0.2, 0.25) is 0 Å². The first kappa shape index (κ1) is 15.1. The van der Waals surface area contributed by atoms with Crippen LogP contribution < -0.4 is 10.6 Å². The lowest BCUT2D eigenvalue weighted by atomic mass is 9.70. The zero-order valence-electron chi connectivity index (χ0n) is 11.0. The van der Waals surface area contributed by atoms with Crippen molar-refractivity contribution in [3.63, 3.8) is 0 Å². The molecule has 1 fully saturated rings. The summed E-state index contributed by atoms with van der Waals surface area (Å²) >= 11 is 1.57. The van der Waals surface area contributed by atoms with Gasteiger partial charge in [-0.25, -0.2) is 9.59 Å². The van der Waals surface area contributed by atoms with Crippen LogP contribution >= 0.6 is 11.8 Å². The average molecular weight is 274 g/mol. The van der Waals surface area contributed by atoms with Gasteiger partial charge >= 0.3 is 12.0 Å². The number of carbonyl (C=O) groups is 2. The van der Waals surface area contributed by atoms with E-state index < -0.39 is 12.0 Å². The average Bonchev–Trinajstić information content (AvgIpc) is 2.29.